The van der Waals surface area contributed by atoms with Crippen LogP contribution in [-0.4, -0.2) is 36.6 Å². The van der Waals surface area contributed by atoms with Crippen molar-refractivity contribution in [3.8, 4) is 11.5 Å². The molecule has 1 N–H and O–H groups in total. The minimum atomic E-state index is -0.128. The first-order valence-electron chi connectivity index (χ1n) is 9.52. The van der Waals surface area contributed by atoms with Crippen LogP contribution < -0.4 is 14.8 Å². The van der Waals surface area contributed by atoms with E-state index in [1.807, 2.05) is 18.2 Å². The molecule has 0 spiro atoms. The zero-order valence-electron chi connectivity index (χ0n) is 15.8. The molecular weight excluding hydrogens is 392 g/mol. The van der Waals surface area contributed by atoms with E-state index >= 15 is 0 Å². The Kier molecular flexibility index (Phi) is 5.71. The summed E-state index contributed by atoms with van der Waals surface area (Å²) in [6.45, 7) is 1.29. The molecule has 0 unspecified atom stereocenters. The number of rotatable bonds is 4. The molecule has 2 heterocycles. The van der Waals surface area contributed by atoms with Crippen LogP contribution in [0.2, 0.25) is 5.02 Å². The van der Waals surface area contributed by atoms with E-state index in [0.717, 1.165) is 5.56 Å². The number of likely N-dealkylation sites (tertiary alicyclic amines) is 1. The number of hydrogen-bond donors (Lipinski definition) is 1. The first-order valence-corrected chi connectivity index (χ1v) is 9.90. The molecule has 2 aliphatic heterocycles. The number of benzene rings is 2. The molecule has 7 heteroatoms. The van der Waals surface area contributed by atoms with Crippen molar-refractivity contribution in [1.29, 1.82) is 0 Å². The summed E-state index contributed by atoms with van der Waals surface area (Å²) >= 11 is 6.11. The number of fused-ring (bicyclic) bond motifs is 1. The zero-order valence-corrected chi connectivity index (χ0v) is 16.5. The number of amides is 2. The maximum atomic E-state index is 12.6. The topological polar surface area (TPSA) is 67.9 Å². The van der Waals surface area contributed by atoms with Gasteiger partial charge in [-0.15, -0.1) is 0 Å². The summed E-state index contributed by atoms with van der Waals surface area (Å²) in [5.41, 5.74) is 1.49. The molecular formula is C22H21ClN2O4. The normalized spacial score (nSPS) is 16.2. The maximum Gasteiger partial charge on any atom is 0.246 e. The number of nitrogens with one attached hydrogen (secondary N) is 1. The molecule has 2 amide bonds. The van der Waals surface area contributed by atoms with Crippen molar-refractivity contribution < 1.29 is 19.1 Å². The first-order chi connectivity index (χ1) is 14.1. The Labute approximate surface area is 174 Å². The van der Waals surface area contributed by atoms with Crippen molar-refractivity contribution in [2.75, 3.05) is 25.2 Å². The van der Waals surface area contributed by atoms with Crippen molar-refractivity contribution in [2.45, 2.75) is 12.8 Å². The van der Waals surface area contributed by atoms with E-state index in [1.54, 1.807) is 35.2 Å². The van der Waals surface area contributed by atoms with E-state index < -0.39 is 0 Å². The average Bonchev–Trinajstić information content (AvgIpc) is 3.21. The van der Waals surface area contributed by atoms with E-state index in [-0.39, 0.29) is 24.5 Å². The van der Waals surface area contributed by atoms with Crippen LogP contribution in [0, 0.1) is 5.92 Å². The molecule has 1 fully saturated rings. The minimum absolute atomic E-state index is 0.0393. The minimum Gasteiger partial charge on any atom is -0.454 e. The smallest absolute Gasteiger partial charge is 0.246 e. The van der Waals surface area contributed by atoms with Gasteiger partial charge in [0.25, 0.3) is 0 Å². The Bertz CT molecular complexity index is 952. The summed E-state index contributed by atoms with van der Waals surface area (Å²) in [5.74, 6) is 1.08. The lowest BCUT2D eigenvalue weighted by Gasteiger charge is -2.30. The fraction of sp³-hybridized carbons (Fsp3) is 0.273. The molecule has 0 aliphatic carbocycles. The summed E-state index contributed by atoms with van der Waals surface area (Å²) in [6, 6.07) is 12.7. The van der Waals surface area contributed by atoms with Gasteiger partial charge in [0.15, 0.2) is 11.5 Å². The molecule has 0 radical (unpaired) electrons. The van der Waals surface area contributed by atoms with Gasteiger partial charge >= 0.3 is 0 Å². The van der Waals surface area contributed by atoms with Crippen molar-refractivity contribution in [3.63, 3.8) is 0 Å². The average molecular weight is 413 g/mol. The van der Waals surface area contributed by atoms with E-state index in [4.69, 9.17) is 21.1 Å². The van der Waals surface area contributed by atoms with Crippen molar-refractivity contribution in [3.05, 3.63) is 59.1 Å². The summed E-state index contributed by atoms with van der Waals surface area (Å²) in [4.78, 5) is 26.8. The standard InChI is InChI=1S/C22H21ClN2O4/c23-18-4-2-1-3-15(18)5-8-21(26)25-11-9-16(10-12-25)22(27)24-17-6-7-19-20(13-17)29-14-28-19/h1-8,13,16H,9-12,14H2,(H,24,27)/b8-5+. The second kappa shape index (κ2) is 8.57. The lowest BCUT2D eigenvalue weighted by Crippen LogP contribution is -2.40. The van der Waals surface area contributed by atoms with Gasteiger partial charge in [-0.05, 0) is 42.7 Å². The van der Waals surface area contributed by atoms with Crippen molar-refractivity contribution in [2.24, 2.45) is 5.92 Å². The Balaban J connectivity index is 1.29. The third kappa shape index (κ3) is 4.54. The van der Waals surface area contributed by atoms with Gasteiger partial charge in [0.05, 0.1) is 0 Å². The lowest BCUT2D eigenvalue weighted by atomic mass is 9.95. The van der Waals surface area contributed by atoms with E-state index in [2.05, 4.69) is 5.32 Å². The monoisotopic (exact) mass is 412 g/mol. The summed E-state index contributed by atoms with van der Waals surface area (Å²) in [5, 5.41) is 3.54. The van der Waals surface area contributed by atoms with Crippen LogP contribution in [0.5, 0.6) is 11.5 Å². The number of halogens is 1. The van der Waals surface area contributed by atoms with Crippen LogP contribution >= 0.6 is 11.6 Å². The van der Waals surface area contributed by atoms with Crippen LogP contribution in [0.1, 0.15) is 18.4 Å². The van der Waals surface area contributed by atoms with E-state index in [9.17, 15) is 9.59 Å². The zero-order chi connectivity index (χ0) is 20.2. The molecule has 6 nitrogen and oxygen atoms in total. The molecule has 0 bridgehead atoms. The number of anilines is 1. The van der Waals surface area contributed by atoms with Gasteiger partial charge in [-0.25, -0.2) is 0 Å². The summed E-state index contributed by atoms with van der Waals surface area (Å²) in [7, 11) is 0. The molecule has 150 valence electrons. The highest BCUT2D eigenvalue weighted by molar-refractivity contribution is 6.32. The predicted octanol–water partition coefficient (Wildman–Crippen LogP) is 3.96. The maximum absolute atomic E-state index is 12.6. The third-order valence-electron chi connectivity index (χ3n) is 5.13. The second-order valence-electron chi connectivity index (χ2n) is 7.01. The van der Waals surface area contributed by atoms with Gasteiger partial charge in [0, 0.05) is 41.9 Å². The summed E-state index contributed by atoms with van der Waals surface area (Å²) in [6.07, 6.45) is 4.52. The van der Waals surface area contributed by atoms with Crippen LogP contribution in [0.25, 0.3) is 6.08 Å². The van der Waals surface area contributed by atoms with E-state index in [1.165, 1.54) is 6.08 Å². The third-order valence-corrected chi connectivity index (χ3v) is 5.47. The van der Waals surface area contributed by atoms with Crippen molar-refractivity contribution >= 4 is 35.2 Å². The van der Waals surface area contributed by atoms with Gasteiger partial charge in [-0.1, -0.05) is 29.8 Å². The van der Waals surface area contributed by atoms with Crippen LogP contribution in [-0.2, 0) is 9.59 Å². The first kappa shape index (κ1) is 19.3. The van der Waals surface area contributed by atoms with Crippen LogP contribution in [0.3, 0.4) is 0 Å². The van der Waals surface area contributed by atoms with Crippen LogP contribution in [0.4, 0.5) is 5.69 Å². The number of nitrogens with zero attached hydrogens (tertiary/aromatic N) is 1. The quantitative estimate of drug-likeness (QED) is 0.772. The molecule has 1 saturated heterocycles. The van der Waals surface area contributed by atoms with Gasteiger partial charge < -0.3 is 19.7 Å². The number of hydrogen-bond acceptors (Lipinski definition) is 4. The number of piperidine rings is 1. The van der Waals surface area contributed by atoms with Gasteiger partial charge in [-0.3, -0.25) is 9.59 Å². The Morgan fingerprint density at radius 2 is 1.83 bits per heavy atom. The second-order valence-corrected chi connectivity index (χ2v) is 7.42. The highest BCUT2D eigenvalue weighted by atomic mass is 35.5. The molecule has 2 aromatic rings. The SMILES string of the molecule is O=C(Nc1ccc2c(c1)OCO2)C1CCN(C(=O)/C=C/c2ccccc2Cl)CC1. The van der Waals surface area contributed by atoms with Gasteiger partial charge in [0.1, 0.15) is 0 Å². The molecule has 2 aliphatic rings. The Morgan fingerprint density at radius 1 is 1.07 bits per heavy atom. The fourth-order valence-corrected chi connectivity index (χ4v) is 3.66. The summed E-state index contributed by atoms with van der Waals surface area (Å²) < 4.78 is 10.6. The molecule has 0 atom stereocenters. The van der Waals surface area contributed by atoms with Crippen LogP contribution in [0.15, 0.2) is 48.5 Å². The van der Waals surface area contributed by atoms with Gasteiger partial charge in [0.2, 0.25) is 18.6 Å². The predicted molar refractivity (Wildman–Crippen MR) is 111 cm³/mol. The molecule has 2 aromatic carbocycles. The number of carbonyl (C=O) groups excluding carboxylic acids is 2. The van der Waals surface area contributed by atoms with Gasteiger partial charge in [-0.2, -0.15) is 0 Å². The largest absolute Gasteiger partial charge is 0.454 e. The molecule has 4 rings (SSSR count). The Hall–Kier alpha value is -2.99. The fourth-order valence-electron chi connectivity index (χ4n) is 3.46. The van der Waals surface area contributed by atoms with E-state index in [0.29, 0.717) is 48.1 Å². The number of ether oxygens (including phenoxy) is 2. The molecule has 0 saturated carbocycles. The molecule has 0 aromatic heterocycles. The highest BCUT2D eigenvalue weighted by Crippen LogP contribution is 2.34. The highest BCUT2D eigenvalue weighted by Gasteiger charge is 2.27. The molecule has 29 heavy (non-hydrogen) atoms. The van der Waals surface area contributed by atoms with Crippen molar-refractivity contribution in [1.82, 2.24) is 4.90 Å². The lowest BCUT2D eigenvalue weighted by molar-refractivity contribution is -0.130. The number of carbonyl (C=O) groups is 2. The Morgan fingerprint density at radius 3 is 2.62 bits per heavy atom.